The van der Waals surface area contributed by atoms with Gasteiger partial charge in [0.15, 0.2) is 0 Å². The van der Waals surface area contributed by atoms with E-state index in [2.05, 4.69) is 127 Å². The summed E-state index contributed by atoms with van der Waals surface area (Å²) < 4.78 is 0. The summed E-state index contributed by atoms with van der Waals surface area (Å²) in [4.78, 5) is 0. The molecule has 0 aromatic heterocycles. The van der Waals surface area contributed by atoms with Gasteiger partial charge in [0.05, 0.1) is 11.1 Å². The number of hydrogen-bond donors (Lipinski definition) is 2. The number of halogens is 2. The molecule has 2 N–H and O–H groups in total. The van der Waals surface area contributed by atoms with E-state index >= 15 is 0 Å². The minimum absolute atomic E-state index is 0.338. The molecule has 2 aromatic carbocycles. The second kappa shape index (κ2) is 13.4. The van der Waals surface area contributed by atoms with Gasteiger partial charge in [-0.15, -0.1) is 0 Å². The van der Waals surface area contributed by atoms with E-state index in [9.17, 15) is 0 Å². The Morgan fingerprint density at radius 2 is 0.970 bits per heavy atom. The van der Waals surface area contributed by atoms with Crippen LogP contribution in [-0.4, -0.2) is 11.9 Å². The third-order valence-corrected chi connectivity index (χ3v) is 6.43. The standard InChI is InChI=1S/C28H40N2.2BrH.Ni/c1-17(2)21-12-10-13-22(18(3)4)26(21)28(9,25(30)16-29)27-23(19(5)6)14-11-15-24(27)20(7)8;;;/h10-20,29-30H,1-9H3;2*1H;/q;;;+2/p-2. The number of benzene rings is 2. The van der Waals surface area contributed by atoms with Crippen molar-refractivity contribution in [1.29, 1.82) is 10.8 Å². The molecule has 0 saturated heterocycles. The topological polar surface area (TPSA) is 47.7 Å². The molecule has 0 amide bonds. The zero-order chi connectivity index (χ0) is 25.5. The van der Waals surface area contributed by atoms with Gasteiger partial charge in [-0.2, -0.15) is 0 Å². The van der Waals surface area contributed by atoms with E-state index in [0.29, 0.717) is 29.4 Å². The van der Waals surface area contributed by atoms with Crippen LogP contribution in [0.2, 0.25) is 0 Å². The molecule has 0 aliphatic carbocycles. The predicted octanol–water partition coefficient (Wildman–Crippen LogP) is 9.84. The van der Waals surface area contributed by atoms with Crippen molar-refractivity contribution in [2.45, 2.75) is 91.4 Å². The van der Waals surface area contributed by atoms with Crippen LogP contribution in [0.1, 0.15) is 119 Å². The van der Waals surface area contributed by atoms with Gasteiger partial charge in [-0.05, 0) is 64.0 Å². The molecule has 33 heavy (non-hydrogen) atoms. The first-order valence-electron chi connectivity index (χ1n) is 11.6. The van der Waals surface area contributed by atoms with Crippen LogP contribution in [0.15, 0.2) is 36.4 Å². The molecule has 2 rings (SSSR count). The van der Waals surface area contributed by atoms with E-state index in [-0.39, 0.29) is 0 Å². The average Bonchev–Trinajstić information content (AvgIpc) is 2.77. The van der Waals surface area contributed by atoms with Crippen LogP contribution < -0.4 is 0 Å². The zero-order valence-corrected chi connectivity index (χ0v) is 25.6. The second-order valence-electron chi connectivity index (χ2n) is 9.97. The minimum atomic E-state index is -0.678. The molecule has 0 spiro atoms. The van der Waals surface area contributed by atoms with Crippen molar-refractivity contribution >= 4 is 40.4 Å². The van der Waals surface area contributed by atoms with Gasteiger partial charge in [-0.3, -0.25) is 0 Å². The maximum absolute atomic E-state index is 9.07. The number of hydrogen-bond acceptors (Lipinski definition) is 2. The van der Waals surface area contributed by atoms with Crippen LogP contribution in [0, 0.1) is 10.8 Å². The van der Waals surface area contributed by atoms with Crippen LogP contribution in [0.25, 0.3) is 0 Å². The molecule has 0 aliphatic rings. The Labute approximate surface area is 222 Å². The van der Waals surface area contributed by atoms with Crippen molar-refractivity contribution in [3.8, 4) is 0 Å². The molecular formula is C28H40Br2N2Ni. The summed E-state index contributed by atoms with van der Waals surface area (Å²) in [5.74, 6) is 1.35. The third-order valence-electron chi connectivity index (χ3n) is 6.43. The molecule has 0 unspecified atom stereocenters. The Morgan fingerprint density at radius 1 is 0.727 bits per heavy atom. The van der Waals surface area contributed by atoms with Gasteiger partial charge in [0.1, 0.15) is 0 Å². The third kappa shape index (κ3) is 6.68. The van der Waals surface area contributed by atoms with E-state index in [1.165, 1.54) is 50.5 Å². The van der Waals surface area contributed by atoms with E-state index < -0.39 is 5.41 Å². The summed E-state index contributed by atoms with van der Waals surface area (Å²) in [6, 6.07) is 13.2. The first kappa shape index (κ1) is 30.3. The molecule has 2 nitrogen and oxygen atoms in total. The molecule has 0 atom stereocenters. The summed E-state index contributed by atoms with van der Waals surface area (Å²) in [7, 11) is 1.25. The molecule has 0 bridgehead atoms. The van der Waals surface area contributed by atoms with Gasteiger partial charge in [-0.25, -0.2) is 0 Å². The van der Waals surface area contributed by atoms with Crippen LogP contribution in [-0.2, 0) is 16.3 Å². The Kier molecular flexibility index (Phi) is 12.2. The number of rotatable bonds is 8. The van der Waals surface area contributed by atoms with Crippen molar-refractivity contribution in [1.82, 2.24) is 0 Å². The average molecular weight is 623 g/mol. The van der Waals surface area contributed by atoms with Gasteiger partial charge in [0.25, 0.3) is 0 Å². The van der Waals surface area contributed by atoms with Crippen molar-refractivity contribution in [2.24, 2.45) is 0 Å². The Hall–Kier alpha value is -0.766. The first-order valence-corrected chi connectivity index (χ1v) is 16.5. The fourth-order valence-corrected chi connectivity index (χ4v) is 4.80. The van der Waals surface area contributed by atoms with Crippen LogP contribution in [0.3, 0.4) is 0 Å². The normalized spacial score (nSPS) is 11.8. The van der Waals surface area contributed by atoms with E-state index in [1.807, 2.05) is 0 Å². The van der Waals surface area contributed by atoms with E-state index in [4.69, 9.17) is 10.8 Å². The summed E-state index contributed by atoms with van der Waals surface area (Å²) in [5, 5.41) is 17.2. The van der Waals surface area contributed by atoms with Crippen LogP contribution in [0.4, 0.5) is 0 Å². The fraction of sp³-hybridized carbons (Fsp3) is 0.500. The molecule has 2 aromatic rings. The van der Waals surface area contributed by atoms with Gasteiger partial charge in [-0.1, -0.05) is 91.8 Å². The number of nitrogens with one attached hydrogen (secondary N) is 2. The predicted molar refractivity (Wildman–Crippen MR) is 150 cm³/mol. The molecule has 0 heterocycles. The summed E-state index contributed by atoms with van der Waals surface area (Å²) in [5.41, 5.74) is 7.24. The monoisotopic (exact) mass is 620 g/mol. The second-order valence-corrected chi connectivity index (χ2v) is 15.0. The molecular weight excluding hydrogens is 583 g/mol. The molecule has 0 aliphatic heterocycles. The van der Waals surface area contributed by atoms with E-state index in [0.717, 1.165) is 0 Å². The summed E-state index contributed by atoms with van der Waals surface area (Å²) >= 11 is 6.00. The molecule has 5 heteroatoms. The zero-order valence-electron chi connectivity index (χ0n) is 21.4. The molecule has 186 valence electrons. The van der Waals surface area contributed by atoms with Crippen molar-refractivity contribution in [3.05, 3.63) is 69.8 Å². The summed E-state index contributed by atoms with van der Waals surface area (Å²) in [6.45, 7) is 20.0. The van der Waals surface area contributed by atoms with Crippen LogP contribution >= 0.6 is 28.5 Å². The Bertz CT molecular complexity index is 833. The van der Waals surface area contributed by atoms with Gasteiger partial charge < -0.3 is 10.8 Å². The van der Waals surface area contributed by atoms with Gasteiger partial charge >= 0.3 is 39.3 Å². The van der Waals surface area contributed by atoms with Crippen molar-refractivity contribution < 1.29 is 10.9 Å². The van der Waals surface area contributed by atoms with Crippen LogP contribution in [0.5, 0.6) is 0 Å². The van der Waals surface area contributed by atoms with Gasteiger partial charge in [0, 0.05) is 6.21 Å². The summed E-state index contributed by atoms with van der Waals surface area (Å²) in [6.07, 6.45) is 1.25. The quantitative estimate of drug-likeness (QED) is 0.217. The Balaban J connectivity index is 0.00000172. The first-order chi connectivity index (χ1) is 15.4. The molecule has 0 saturated carbocycles. The molecule has 0 fully saturated rings. The Morgan fingerprint density at radius 3 is 1.15 bits per heavy atom. The SMILES string of the molecule is CC(C)c1cccc(C(C)C)c1C(C)(C(=N)C=N)c1c(C(C)C)cccc1C(C)C.[Br][Ni][Br]. The van der Waals surface area contributed by atoms with Crippen molar-refractivity contribution in [3.63, 3.8) is 0 Å². The van der Waals surface area contributed by atoms with E-state index in [1.54, 1.807) is 0 Å². The fourth-order valence-electron chi connectivity index (χ4n) is 4.80. The van der Waals surface area contributed by atoms with Crippen molar-refractivity contribution in [2.75, 3.05) is 0 Å². The van der Waals surface area contributed by atoms with Gasteiger partial charge in [0.2, 0.25) is 0 Å². The molecule has 0 radical (unpaired) electrons. The maximum atomic E-state index is 9.07.